The zero-order valence-corrected chi connectivity index (χ0v) is 32.3. The predicted octanol–water partition coefficient (Wildman–Crippen LogP) is 15.1. The molecule has 0 saturated heterocycles. The Kier molecular flexibility index (Phi) is 6.98. The molecular weight excluding hydrogens is 731 g/mol. The lowest BCUT2D eigenvalue weighted by Gasteiger charge is -2.14. The Bertz CT molecular complexity index is 3900. The molecule has 0 unspecified atom stereocenters. The normalized spacial score (nSPS) is 12.0. The minimum atomic E-state index is 0.697. The van der Waals surface area contributed by atoms with Crippen molar-refractivity contribution in [3.05, 3.63) is 200 Å². The van der Waals surface area contributed by atoms with Crippen LogP contribution < -0.4 is 0 Å². The molecule has 0 spiro atoms. The van der Waals surface area contributed by atoms with Crippen LogP contribution in [0.4, 0.5) is 0 Å². The average Bonchev–Trinajstić information content (AvgIpc) is 3.89. The van der Waals surface area contributed by atoms with Crippen molar-refractivity contribution in [2.45, 2.75) is 0 Å². The van der Waals surface area contributed by atoms with Gasteiger partial charge in [0.15, 0.2) is 11.4 Å². The number of furan rings is 1. The first-order valence-corrected chi connectivity index (χ1v) is 20.4. The van der Waals surface area contributed by atoms with E-state index in [1.807, 2.05) is 6.07 Å². The van der Waals surface area contributed by atoms with E-state index in [4.69, 9.17) is 14.4 Å². The summed E-state index contributed by atoms with van der Waals surface area (Å²) < 4.78 is 9.36. The number of hydrogen-bond donors (Lipinski definition) is 0. The van der Waals surface area contributed by atoms with Crippen LogP contribution in [0.5, 0.6) is 0 Å². The molecule has 278 valence electrons. The molecular formula is C56H33N3O. The van der Waals surface area contributed by atoms with Crippen LogP contribution in [-0.4, -0.2) is 14.5 Å². The highest BCUT2D eigenvalue weighted by Gasteiger charge is 2.24. The van der Waals surface area contributed by atoms with Gasteiger partial charge in [0, 0.05) is 49.1 Å². The standard InChI is InChI=1S/C56H33N3O/c1-2-16-36(17-3-1)52-51-41-22-6-4-14-34(41)29-31-47(51)57-56(58-52)39-20-12-18-37(32-39)38-19-13-21-40(33-38)59-53-42-23-7-5-15-35(42)28-30-46(53)49-43-24-8-9-25-44(43)50-45-26-10-11-27-48(45)60-55(50)54(49)59/h1-33H. The third kappa shape index (κ3) is 4.79. The van der Waals surface area contributed by atoms with Crippen LogP contribution in [0.25, 0.3) is 126 Å². The highest BCUT2D eigenvalue weighted by molar-refractivity contribution is 6.36. The van der Waals surface area contributed by atoms with Crippen molar-refractivity contribution in [3.8, 4) is 39.5 Å². The van der Waals surface area contributed by atoms with Crippen molar-refractivity contribution in [1.29, 1.82) is 0 Å². The van der Waals surface area contributed by atoms with Crippen molar-refractivity contribution in [1.82, 2.24) is 14.5 Å². The third-order valence-electron chi connectivity index (χ3n) is 12.3. The van der Waals surface area contributed by atoms with E-state index in [1.165, 1.54) is 37.7 Å². The maximum absolute atomic E-state index is 6.92. The number of rotatable bonds is 4. The molecule has 0 atom stereocenters. The largest absolute Gasteiger partial charge is 0.454 e. The van der Waals surface area contributed by atoms with Crippen LogP contribution in [0.2, 0.25) is 0 Å². The van der Waals surface area contributed by atoms with Crippen molar-refractivity contribution >= 4 is 87.0 Å². The SMILES string of the molecule is c1ccc(-c2nc(-c3cccc(-c4cccc(-n5c6c7ccccc7ccc6c6c7ccccc7c7c8ccccc8oc7c65)c4)c3)nc3ccc4ccccc4c23)cc1. The monoisotopic (exact) mass is 763 g/mol. The summed E-state index contributed by atoms with van der Waals surface area (Å²) in [6.45, 7) is 0. The molecule has 0 amide bonds. The van der Waals surface area contributed by atoms with Crippen molar-refractivity contribution in [3.63, 3.8) is 0 Å². The molecule has 13 rings (SSSR count). The van der Waals surface area contributed by atoms with E-state index in [1.54, 1.807) is 0 Å². The van der Waals surface area contributed by atoms with Crippen LogP contribution in [0, 0.1) is 0 Å². The zero-order valence-electron chi connectivity index (χ0n) is 32.3. The van der Waals surface area contributed by atoms with Gasteiger partial charge in [0.05, 0.1) is 22.2 Å². The number of aromatic nitrogens is 3. The summed E-state index contributed by atoms with van der Waals surface area (Å²) in [7, 11) is 0. The molecule has 4 nitrogen and oxygen atoms in total. The molecule has 3 aromatic heterocycles. The van der Waals surface area contributed by atoms with Crippen LogP contribution in [-0.2, 0) is 0 Å². The van der Waals surface area contributed by atoms with Gasteiger partial charge in [-0.2, -0.15) is 0 Å². The van der Waals surface area contributed by atoms with E-state index in [0.717, 1.165) is 82.9 Å². The van der Waals surface area contributed by atoms with Gasteiger partial charge in [-0.05, 0) is 68.4 Å². The molecule has 0 saturated carbocycles. The first-order chi connectivity index (χ1) is 29.8. The minimum absolute atomic E-state index is 0.697. The first-order valence-electron chi connectivity index (χ1n) is 20.4. The molecule has 4 heteroatoms. The smallest absolute Gasteiger partial charge is 0.160 e. The van der Waals surface area contributed by atoms with Crippen molar-refractivity contribution < 1.29 is 4.42 Å². The quantitative estimate of drug-likeness (QED) is 0.168. The Morgan fingerprint density at radius 3 is 1.82 bits per heavy atom. The number of benzene rings is 10. The Morgan fingerprint density at radius 2 is 0.983 bits per heavy atom. The van der Waals surface area contributed by atoms with E-state index in [2.05, 4.69) is 199 Å². The fourth-order valence-corrected chi connectivity index (χ4v) is 9.69. The van der Waals surface area contributed by atoms with Gasteiger partial charge in [0.1, 0.15) is 5.58 Å². The van der Waals surface area contributed by atoms with Gasteiger partial charge in [-0.3, -0.25) is 0 Å². The Morgan fingerprint density at radius 1 is 0.367 bits per heavy atom. The van der Waals surface area contributed by atoms with Gasteiger partial charge in [0.25, 0.3) is 0 Å². The lowest BCUT2D eigenvalue weighted by Crippen LogP contribution is -1.97. The summed E-state index contributed by atoms with van der Waals surface area (Å²) >= 11 is 0. The van der Waals surface area contributed by atoms with Gasteiger partial charge in [-0.1, -0.05) is 170 Å². The zero-order chi connectivity index (χ0) is 39.3. The van der Waals surface area contributed by atoms with Gasteiger partial charge < -0.3 is 8.98 Å². The van der Waals surface area contributed by atoms with Gasteiger partial charge >= 0.3 is 0 Å². The van der Waals surface area contributed by atoms with E-state index in [-0.39, 0.29) is 0 Å². The third-order valence-corrected chi connectivity index (χ3v) is 12.3. The Balaban J connectivity index is 1.05. The van der Waals surface area contributed by atoms with Gasteiger partial charge in [-0.25, -0.2) is 9.97 Å². The second-order valence-corrected chi connectivity index (χ2v) is 15.7. The molecule has 0 aliphatic heterocycles. The fraction of sp³-hybridized carbons (Fsp3) is 0. The average molecular weight is 764 g/mol. The lowest BCUT2D eigenvalue weighted by atomic mass is 9.98. The molecule has 3 heterocycles. The Labute approximate surface area is 344 Å². The first kappa shape index (κ1) is 32.9. The summed E-state index contributed by atoms with van der Waals surface area (Å²) in [5.74, 6) is 0.697. The molecule has 10 aromatic carbocycles. The molecule has 0 N–H and O–H groups in total. The molecule has 60 heavy (non-hydrogen) atoms. The molecule has 0 bridgehead atoms. The van der Waals surface area contributed by atoms with Crippen LogP contribution in [0.3, 0.4) is 0 Å². The highest BCUT2D eigenvalue weighted by atomic mass is 16.3. The summed E-state index contributed by atoms with van der Waals surface area (Å²) in [4.78, 5) is 10.5. The van der Waals surface area contributed by atoms with Crippen molar-refractivity contribution in [2.75, 3.05) is 0 Å². The molecule has 0 radical (unpaired) electrons. The summed E-state index contributed by atoms with van der Waals surface area (Å²) in [5, 5.41) is 12.9. The highest BCUT2D eigenvalue weighted by Crippen LogP contribution is 2.47. The number of fused-ring (bicyclic) bond motifs is 15. The van der Waals surface area contributed by atoms with Gasteiger partial charge in [-0.15, -0.1) is 0 Å². The van der Waals surface area contributed by atoms with Crippen molar-refractivity contribution in [2.24, 2.45) is 0 Å². The minimum Gasteiger partial charge on any atom is -0.454 e. The molecule has 0 aliphatic rings. The molecule has 0 fully saturated rings. The maximum Gasteiger partial charge on any atom is 0.160 e. The predicted molar refractivity (Wildman–Crippen MR) is 250 cm³/mol. The Hall–Kier alpha value is -8.08. The number of hydrogen-bond acceptors (Lipinski definition) is 3. The summed E-state index contributed by atoms with van der Waals surface area (Å²) in [6.07, 6.45) is 0. The summed E-state index contributed by atoms with van der Waals surface area (Å²) in [6, 6.07) is 71.2. The van der Waals surface area contributed by atoms with Gasteiger partial charge in [0.2, 0.25) is 0 Å². The van der Waals surface area contributed by atoms with E-state index in [0.29, 0.717) is 5.82 Å². The van der Waals surface area contributed by atoms with Crippen LogP contribution >= 0.6 is 0 Å². The topological polar surface area (TPSA) is 43.9 Å². The lowest BCUT2D eigenvalue weighted by molar-refractivity contribution is 0.671. The van der Waals surface area contributed by atoms with Crippen LogP contribution in [0.15, 0.2) is 205 Å². The second-order valence-electron chi connectivity index (χ2n) is 15.7. The summed E-state index contributed by atoms with van der Waals surface area (Å²) in [5.41, 5.74) is 11.1. The fourth-order valence-electron chi connectivity index (χ4n) is 9.69. The maximum atomic E-state index is 6.92. The second kappa shape index (κ2) is 12.7. The number of para-hydroxylation sites is 1. The van der Waals surface area contributed by atoms with E-state index in [9.17, 15) is 0 Å². The molecule has 13 aromatic rings. The van der Waals surface area contributed by atoms with Crippen LogP contribution in [0.1, 0.15) is 0 Å². The number of nitrogens with zero attached hydrogens (tertiary/aromatic N) is 3. The van der Waals surface area contributed by atoms with E-state index >= 15 is 0 Å². The van der Waals surface area contributed by atoms with E-state index < -0.39 is 0 Å². The molecule has 0 aliphatic carbocycles.